The van der Waals surface area contributed by atoms with E-state index in [0.717, 1.165) is 25.0 Å². The fraction of sp³-hybridized carbons (Fsp3) is 0.700. The van der Waals surface area contributed by atoms with Gasteiger partial charge in [0.25, 0.3) is 0 Å². The predicted octanol–water partition coefficient (Wildman–Crippen LogP) is 1.60. The van der Waals surface area contributed by atoms with Crippen LogP contribution < -0.4 is 0 Å². The molecule has 0 fully saturated rings. The van der Waals surface area contributed by atoms with Gasteiger partial charge in [0.15, 0.2) is 6.10 Å². The Kier molecular flexibility index (Phi) is 2.99. The van der Waals surface area contributed by atoms with E-state index < -0.39 is 0 Å². The van der Waals surface area contributed by atoms with E-state index in [9.17, 15) is 0 Å². The molecule has 5 nitrogen and oxygen atoms in total. The van der Waals surface area contributed by atoms with Crippen molar-refractivity contribution >= 4 is 6.72 Å². The minimum absolute atomic E-state index is 0.0634. The first-order valence-corrected chi connectivity index (χ1v) is 5.33. The molecule has 15 heavy (non-hydrogen) atoms. The quantitative estimate of drug-likeness (QED) is 0.548. The normalized spacial score (nSPS) is 21.3. The van der Waals surface area contributed by atoms with Crippen LogP contribution >= 0.6 is 0 Å². The van der Waals surface area contributed by atoms with Gasteiger partial charge < -0.3 is 4.84 Å². The largest absolute Gasteiger partial charge is 0.386 e. The average Bonchev–Trinajstić information content (AvgIpc) is 2.54. The summed E-state index contributed by atoms with van der Waals surface area (Å²) in [6, 6.07) is 0. The van der Waals surface area contributed by atoms with Crippen LogP contribution in [-0.4, -0.2) is 21.7 Å². The van der Waals surface area contributed by atoms with Crippen LogP contribution in [0.25, 0.3) is 0 Å². The van der Waals surface area contributed by atoms with Crippen LogP contribution in [0.5, 0.6) is 0 Å². The summed E-state index contributed by atoms with van der Waals surface area (Å²) in [5.41, 5.74) is 2.10. The van der Waals surface area contributed by atoms with Gasteiger partial charge >= 0.3 is 0 Å². The van der Waals surface area contributed by atoms with Gasteiger partial charge in [-0.3, -0.25) is 4.68 Å². The van der Waals surface area contributed by atoms with Gasteiger partial charge in [0.2, 0.25) is 0 Å². The highest BCUT2D eigenvalue weighted by atomic mass is 16.6. The Bertz CT molecular complexity index is 347. The summed E-state index contributed by atoms with van der Waals surface area (Å²) in [5, 5.41) is 11.7. The third-order valence-electron chi connectivity index (χ3n) is 2.86. The molecule has 0 aromatic carbocycles. The zero-order chi connectivity index (χ0) is 10.7. The molecule has 1 aliphatic carbocycles. The molecule has 5 heteroatoms. The molecule has 0 saturated heterocycles. The molecule has 1 aromatic rings. The summed E-state index contributed by atoms with van der Waals surface area (Å²) in [7, 11) is 1.92. The summed E-state index contributed by atoms with van der Waals surface area (Å²) >= 11 is 0. The number of aromatic nitrogens is 3. The fourth-order valence-corrected chi connectivity index (χ4v) is 2.06. The van der Waals surface area contributed by atoms with E-state index in [0.29, 0.717) is 0 Å². The van der Waals surface area contributed by atoms with Gasteiger partial charge in [0.1, 0.15) is 5.69 Å². The number of nitrogens with zero attached hydrogens (tertiary/aromatic N) is 4. The van der Waals surface area contributed by atoms with Crippen LogP contribution in [0.4, 0.5) is 0 Å². The van der Waals surface area contributed by atoms with Crippen molar-refractivity contribution in [1.29, 1.82) is 0 Å². The molecule has 0 amide bonds. The standard InChI is InChI=1S/C10H16N4O/c1-11-15-9-7-5-3-4-6-8-10(9)12-13-14(8)2/h9H,1,3-7H2,2H3. The Balaban J connectivity index is 2.30. The highest BCUT2D eigenvalue weighted by molar-refractivity contribution is 5.21. The van der Waals surface area contributed by atoms with Gasteiger partial charge in [-0.05, 0) is 25.7 Å². The van der Waals surface area contributed by atoms with Crippen LogP contribution in [0.1, 0.15) is 43.2 Å². The van der Waals surface area contributed by atoms with Crippen LogP contribution in [0.15, 0.2) is 5.16 Å². The van der Waals surface area contributed by atoms with Crippen molar-refractivity contribution in [3.8, 4) is 0 Å². The maximum atomic E-state index is 5.26. The van der Waals surface area contributed by atoms with E-state index in [2.05, 4.69) is 22.2 Å². The molecule has 1 aliphatic rings. The van der Waals surface area contributed by atoms with Crippen molar-refractivity contribution in [1.82, 2.24) is 15.0 Å². The minimum atomic E-state index is -0.0634. The lowest BCUT2D eigenvalue weighted by molar-refractivity contribution is 0.0472. The van der Waals surface area contributed by atoms with E-state index in [1.807, 2.05) is 11.7 Å². The number of hydrogen-bond acceptors (Lipinski definition) is 4. The Morgan fingerprint density at radius 3 is 3.13 bits per heavy atom. The van der Waals surface area contributed by atoms with Crippen LogP contribution in [0.3, 0.4) is 0 Å². The summed E-state index contributed by atoms with van der Waals surface area (Å²) in [6.45, 7) is 3.36. The SMILES string of the molecule is C=NOC1CCCCCc2c1nnn2C. The average molecular weight is 208 g/mol. The zero-order valence-electron chi connectivity index (χ0n) is 9.02. The second kappa shape index (κ2) is 4.42. The van der Waals surface area contributed by atoms with Gasteiger partial charge in [-0.15, -0.1) is 10.3 Å². The Morgan fingerprint density at radius 2 is 2.33 bits per heavy atom. The van der Waals surface area contributed by atoms with Gasteiger partial charge in [-0.25, -0.2) is 0 Å². The van der Waals surface area contributed by atoms with Crippen molar-refractivity contribution in [2.45, 2.75) is 38.2 Å². The second-order valence-electron chi connectivity index (χ2n) is 3.87. The van der Waals surface area contributed by atoms with Crippen LogP contribution in [-0.2, 0) is 18.3 Å². The summed E-state index contributed by atoms with van der Waals surface area (Å²) in [6.07, 6.45) is 5.48. The van der Waals surface area contributed by atoms with Gasteiger partial charge in [-0.1, -0.05) is 11.6 Å². The lowest BCUT2D eigenvalue weighted by atomic mass is 9.99. The molecular formula is C10H16N4O. The minimum Gasteiger partial charge on any atom is -0.386 e. The molecule has 82 valence electrons. The fourth-order valence-electron chi connectivity index (χ4n) is 2.06. The molecular weight excluding hydrogens is 192 g/mol. The van der Waals surface area contributed by atoms with Crippen molar-refractivity contribution < 1.29 is 4.84 Å². The van der Waals surface area contributed by atoms with E-state index in [1.165, 1.54) is 18.5 Å². The van der Waals surface area contributed by atoms with Crippen LogP contribution in [0, 0.1) is 0 Å². The third-order valence-corrected chi connectivity index (χ3v) is 2.86. The number of fused-ring (bicyclic) bond motifs is 1. The maximum Gasteiger partial charge on any atom is 0.173 e. The third kappa shape index (κ3) is 2.00. The number of oxime groups is 1. The molecule has 1 heterocycles. The maximum absolute atomic E-state index is 5.26. The van der Waals surface area contributed by atoms with Crippen molar-refractivity contribution in [2.24, 2.45) is 12.2 Å². The van der Waals surface area contributed by atoms with E-state index in [1.54, 1.807) is 0 Å². The van der Waals surface area contributed by atoms with Gasteiger partial charge in [-0.2, -0.15) is 0 Å². The van der Waals surface area contributed by atoms with Gasteiger partial charge in [0.05, 0.1) is 5.69 Å². The highest BCUT2D eigenvalue weighted by Gasteiger charge is 2.23. The number of aryl methyl sites for hydroxylation is 1. The molecule has 0 bridgehead atoms. The molecule has 2 rings (SSSR count). The smallest absolute Gasteiger partial charge is 0.173 e. The molecule has 0 aliphatic heterocycles. The molecule has 1 aromatic heterocycles. The second-order valence-corrected chi connectivity index (χ2v) is 3.87. The van der Waals surface area contributed by atoms with E-state index in [-0.39, 0.29) is 6.10 Å². The summed E-state index contributed by atoms with van der Waals surface area (Å²) in [5.74, 6) is 0. The number of hydrogen-bond donors (Lipinski definition) is 0. The summed E-state index contributed by atoms with van der Waals surface area (Å²) in [4.78, 5) is 5.26. The van der Waals surface area contributed by atoms with E-state index >= 15 is 0 Å². The number of rotatable bonds is 2. The summed E-state index contributed by atoms with van der Waals surface area (Å²) < 4.78 is 1.83. The first-order valence-electron chi connectivity index (χ1n) is 5.33. The lowest BCUT2D eigenvalue weighted by Gasteiger charge is -2.16. The Labute approximate surface area is 89.1 Å². The van der Waals surface area contributed by atoms with Crippen molar-refractivity contribution in [3.63, 3.8) is 0 Å². The zero-order valence-corrected chi connectivity index (χ0v) is 9.02. The topological polar surface area (TPSA) is 52.3 Å². The monoisotopic (exact) mass is 208 g/mol. The Hall–Kier alpha value is -1.39. The predicted molar refractivity (Wildman–Crippen MR) is 56.6 cm³/mol. The Morgan fingerprint density at radius 1 is 1.47 bits per heavy atom. The molecule has 0 spiro atoms. The van der Waals surface area contributed by atoms with Crippen LogP contribution in [0.2, 0.25) is 0 Å². The van der Waals surface area contributed by atoms with Gasteiger partial charge in [0, 0.05) is 13.8 Å². The van der Waals surface area contributed by atoms with E-state index in [4.69, 9.17) is 4.84 Å². The first kappa shape index (κ1) is 10.1. The lowest BCUT2D eigenvalue weighted by Crippen LogP contribution is -2.09. The molecule has 0 N–H and O–H groups in total. The molecule has 1 unspecified atom stereocenters. The van der Waals surface area contributed by atoms with Crippen molar-refractivity contribution in [2.75, 3.05) is 0 Å². The van der Waals surface area contributed by atoms with Crippen molar-refractivity contribution in [3.05, 3.63) is 11.4 Å². The molecule has 1 atom stereocenters. The molecule has 0 saturated carbocycles. The molecule has 0 radical (unpaired) electrons. The first-order chi connectivity index (χ1) is 7.33. The highest BCUT2D eigenvalue weighted by Crippen LogP contribution is 2.28.